The Morgan fingerprint density at radius 3 is 2.89 bits per heavy atom. The van der Waals surface area contributed by atoms with Crippen molar-refractivity contribution in [3.8, 4) is 6.07 Å². The minimum absolute atomic E-state index is 0.0460. The van der Waals surface area contributed by atoms with Crippen molar-refractivity contribution in [2.75, 3.05) is 14.1 Å². The summed E-state index contributed by atoms with van der Waals surface area (Å²) in [7, 11) is 3.44. The van der Waals surface area contributed by atoms with Crippen LogP contribution in [0, 0.1) is 11.3 Å². The summed E-state index contributed by atoms with van der Waals surface area (Å²) in [5.74, 6) is -0.0460. The van der Waals surface area contributed by atoms with E-state index < -0.39 is 0 Å². The molecule has 0 aromatic carbocycles. The monoisotopic (exact) mass is 239 g/mol. The smallest absolute Gasteiger partial charge is 0.255 e. The molecule has 0 fully saturated rings. The van der Waals surface area contributed by atoms with Crippen molar-refractivity contribution in [1.82, 2.24) is 9.30 Å². The first-order chi connectivity index (χ1) is 8.65. The maximum atomic E-state index is 12.1. The molecule has 1 amide bonds. The molecule has 0 radical (unpaired) electrons. The molecular formula is C14H13N3O. The first-order valence-corrected chi connectivity index (χ1v) is 5.53. The van der Waals surface area contributed by atoms with Crippen molar-refractivity contribution in [2.24, 2.45) is 0 Å². The van der Waals surface area contributed by atoms with E-state index in [1.165, 1.54) is 6.08 Å². The van der Waals surface area contributed by atoms with Crippen LogP contribution in [0.2, 0.25) is 0 Å². The predicted molar refractivity (Wildman–Crippen MR) is 70.1 cm³/mol. The summed E-state index contributed by atoms with van der Waals surface area (Å²) in [6.45, 7) is 0. The van der Waals surface area contributed by atoms with Crippen molar-refractivity contribution in [2.45, 2.75) is 0 Å². The van der Waals surface area contributed by atoms with Crippen molar-refractivity contribution in [1.29, 1.82) is 5.26 Å². The third kappa shape index (κ3) is 1.98. The maximum absolute atomic E-state index is 12.1. The SMILES string of the molecule is CN(C)C(=O)c1cc(/C=C/C#N)n2ccccc12. The lowest BCUT2D eigenvalue weighted by atomic mass is 10.2. The van der Waals surface area contributed by atoms with Gasteiger partial charge < -0.3 is 9.30 Å². The maximum Gasteiger partial charge on any atom is 0.255 e. The molecule has 0 N–H and O–H groups in total. The topological polar surface area (TPSA) is 48.5 Å². The number of carbonyl (C=O) groups excluding carboxylic acids is 1. The molecule has 0 saturated heterocycles. The molecule has 2 heterocycles. The van der Waals surface area contributed by atoms with Gasteiger partial charge in [0.25, 0.3) is 5.91 Å². The lowest BCUT2D eigenvalue weighted by Gasteiger charge is -2.08. The lowest BCUT2D eigenvalue weighted by Crippen LogP contribution is -2.21. The summed E-state index contributed by atoms with van der Waals surface area (Å²) in [5, 5.41) is 8.58. The zero-order chi connectivity index (χ0) is 13.1. The fourth-order valence-electron chi connectivity index (χ4n) is 1.84. The molecular weight excluding hydrogens is 226 g/mol. The van der Waals surface area contributed by atoms with Crippen LogP contribution in [0.3, 0.4) is 0 Å². The summed E-state index contributed by atoms with van der Waals surface area (Å²) in [5.41, 5.74) is 2.30. The van der Waals surface area contributed by atoms with E-state index in [0.717, 1.165) is 11.2 Å². The van der Waals surface area contributed by atoms with Crippen molar-refractivity contribution < 1.29 is 4.79 Å². The molecule has 0 spiro atoms. The summed E-state index contributed by atoms with van der Waals surface area (Å²) in [6.07, 6.45) is 4.97. The van der Waals surface area contributed by atoms with E-state index in [-0.39, 0.29) is 5.91 Å². The van der Waals surface area contributed by atoms with Gasteiger partial charge in [-0.15, -0.1) is 0 Å². The first-order valence-electron chi connectivity index (χ1n) is 5.53. The highest BCUT2D eigenvalue weighted by atomic mass is 16.2. The number of nitriles is 1. The average Bonchev–Trinajstić information content (AvgIpc) is 2.74. The zero-order valence-electron chi connectivity index (χ0n) is 10.3. The van der Waals surface area contributed by atoms with Gasteiger partial charge in [-0.05, 0) is 24.3 Å². The second kappa shape index (κ2) is 4.76. The fourth-order valence-corrected chi connectivity index (χ4v) is 1.84. The summed E-state index contributed by atoms with van der Waals surface area (Å²) in [4.78, 5) is 13.6. The molecule has 0 unspecified atom stereocenters. The van der Waals surface area contributed by atoms with Crippen LogP contribution in [0.15, 0.2) is 36.5 Å². The van der Waals surface area contributed by atoms with Crippen LogP contribution in [0.1, 0.15) is 16.1 Å². The minimum Gasteiger partial charge on any atom is -0.345 e. The Morgan fingerprint density at radius 1 is 1.44 bits per heavy atom. The van der Waals surface area contributed by atoms with E-state index in [4.69, 9.17) is 5.26 Å². The molecule has 0 atom stereocenters. The molecule has 0 aliphatic carbocycles. The normalized spacial score (nSPS) is 10.7. The Balaban J connectivity index is 2.66. The van der Waals surface area contributed by atoms with Crippen molar-refractivity contribution in [3.63, 3.8) is 0 Å². The van der Waals surface area contributed by atoms with Crippen molar-refractivity contribution in [3.05, 3.63) is 47.8 Å². The number of hydrogen-bond acceptors (Lipinski definition) is 2. The molecule has 0 aliphatic heterocycles. The summed E-state index contributed by atoms with van der Waals surface area (Å²) >= 11 is 0. The number of carbonyl (C=O) groups is 1. The summed E-state index contributed by atoms with van der Waals surface area (Å²) in [6, 6.07) is 9.42. The largest absolute Gasteiger partial charge is 0.345 e. The highest BCUT2D eigenvalue weighted by Crippen LogP contribution is 2.19. The Labute approximate surface area is 105 Å². The number of aromatic nitrogens is 1. The van der Waals surface area contributed by atoms with Gasteiger partial charge in [0.2, 0.25) is 0 Å². The van der Waals surface area contributed by atoms with Crippen LogP contribution in [-0.2, 0) is 0 Å². The number of allylic oxidation sites excluding steroid dienone is 1. The number of hydrogen-bond donors (Lipinski definition) is 0. The molecule has 2 rings (SSSR count). The van der Waals surface area contributed by atoms with E-state index in [1.807, 2.05) is 34.9 Å². The molecule has 4 nitrogen and oxygen atoms in total. The third-order valence-electron chi connectivity index (χ3n) is 2.67. The quantitative estimate of drug-likeness (QED) is 0.754. The zero-order valence-corrected chi connectivity index (χ0v) is 10.3. The second-order valence-electron chi connectivity index (χ2n) is 4.10. The molecule has 18 heavy (non-hydrogen) atoms. The molecule has 90 valence electrons. The van der Waals surface area contributed by atoms with E-state index >= 15 is 0 Å². The van der Waals surface area contributed by atoms with Gasteiger partial charge in [0.1, 0.15) is 0 Å². The first kappa shape index (κ1) is 11.9. The molecule has 0 bridgehead atoms. The fraction of sp³-hybridized carbons (Fsp3) is 0.143. The van der Waals surface area contributed by atoms with E-state index in [0.29, 0.717) is 5.56 Å². The second-order valence-corrected chi connectivity index (χ2v) is 4.10. The van der Waals surface area contributed by atoms with E-state index in [1.54, 1.807) is 31.1 Å². The molecule has 2 aromatic rings. The van der Waals surface area contributed by atoms with Crippen LogP contribution in [0.25, 0.3) is 11.6 Å². The van der Waals surface area contributed by atoms with E-state index in [2.05, 4.69) is 0 Å². The van der Waals surface area contributed by atoms with Crippen LogP contribution < -0.4 is 0 Å². The highest BCUT2D eigenvalue weighted by molar-refractivity contribution is 6.01. The summed E-state index contributed by atoms with van der Waals surface area (Å²) < 4.78 is 1.89. The molecule has 0 saturated carbocycles. The Morgan fingerprint density at radius 2 is 2.22 bits per heavy atom. The van der Waals surface area contributed by atoms with Gasteiger partial charge >= 0.3 is 0 Å². The lowest BCUT2D eigenvalue weighted by molar-refractivity contribution is 0.0829. The van der Waals surface area contributed by atoms with Crippen LogP contribution in [0.5, 0.6) is 0 Å². The number of fused-ring (bicyclic) bond motifs is 1. The van der Waals surface area contributed by atoms with Gasteiger partial charge in [-0.3, -0.25) is 4.79 Å². The molecule has 0 aliphatic rings. The van der Waals surface area contributed by atoms with Gasteiger partial charge in [-0.1, -0.05) is 6.07 Å². The third-order valence-corrected chi connectivity index (χ3v) is 2.67. The molecule has 4 heteroatoms. The minimum atomic E-state index is -0.0460. The van der Waals surface area contributed by atoms with Gasteiger partial charge in [0, 0.05) is 32.1 Å². The van der Waals surface area contributed by atoms with Crippen LogP contribution >= 0.6 is 0 Å². The van der Waals surface area contributed by atoms with Crippen molar-refractivity contribution >= 4 is 17.5 Å². The Kier molecular flexibility index (Phi) is 3.16. The van der Waals surface area contributed by atoms with Crippen LogP contribution in [-0.4, -0.2) is 29.3 Å². The Hall–Kier alpha value is -2.54. The number of pyridine rings is 1. The van der Waals surface area contributed by atoms with E-state index in [9.17, 15) is 4.79 Å². The van der Waals surface area contributed by atoms with Gasteiger partial charge in [0.15, 0.2) is 0 Å². The van der Waals surface area contributed by atoms with Gasteiger partial charge in [0.05, 0.1) is 17.1 Å². The predicted octanol–water partition coefficient (Wildman–Crippen LogP) is 2.18. The number of rotatable bonds is 2. The molecule has 2 aromatic heterocycles. The van der Waals surface area contributed by atoms with Gasteiger partial charge in [-0.25, -0.2) is 0 Å². The van der Waals surface area contributed by atoms with Gasteiger partial charge in [-0.2, -0.15) is 5.26 Å². The number of nitrogens with zero attached hydrogens (tertiary/aromatic N) is 3. The van der Waals surface area contributed by atoms with Crippen LogP contribution in [0.4, 0.5) is 0 Å². The number of amides is 1. The average molecular weight is 239 g/mol. The highest BCUT2D eigenvalue weighted by Gasteiger charge is 2.15. The Bertz CT molecular complexity index is 659. The standard InChI is InChI=1S/C14H13N3O/c1-16(2)14(18)12-10-11(6-5-8-15)17-9-4-3-7-13(12)17/h3-7,9-10H,1-2H3/b6-5+.